The highest BCUT2D eigenvalue weighted by molar-refractivity contribution is 6.08. The van der Waals surface area contributed by atoms with E-state index in [4.69, 9.17) is 0 Å². The number of aromatic nitrogens is 2. The van der Waals surface area contributed by atoms with E-state index >= 15 is 0 Å². The van der Waals surface area contributed by atoms with Crippen molar-refractivity contribution in [1.82, 2.24) is 9.55 Å². The largest absolute Gasteiger partial charge is 0.328 e. The Morgan fingerprint density at radius 3 is 2.24 bits per heavy atom. The Morgan fingerprint density at radius 2 is 1.71 bits per heavy atom. The van der Waals surface area contributed by atoms with Crippen molar-refractivity contribution in [3.05, 3.63) is 67.0 Å². The van der Waals surface area contributed by atoms with E-state index in [0.29, 0.717) is 17.5 Å². The third kappa shape index (κ3) is 2.72. The molecule has 5 nitrogen and oxygen atoms in total. The van der Waals surface area contributed by atoms with Crippen molar-refractivity contribution in [2.75, 3.05) is 0 Å². The second kappa shape index (κ2) is 5.52. The Kier molecular flexibility index (Phi) is 3.93. The summed E-state index contributed by atoms with van der Waals surface area (Å²) in [6.45, 7) is 5.59. The van der Waals surface area contributed by atoms with Gasteiger partial charge in [0.25, 0.3) is 5.56 Å². The molecule has 0 unspecified atom stereocenters. The number of nitrogens with zero attached hydrogens (tertiary/aromatic N) is 1. The van der Waals surface area contributed by atoms with E-state index in [-0.39, 0.29) is 11.5 Å². The zero-order valence-corrected chi connectivity index (χ0v) is 12.6. The minimum atomic E-state index is -0.579. The normalized spacial score (nSPS) is 10.7. The highest BCUT2D eigenvalue weighted by atomic mass is 16.2. The van der Waals surface area contributed by atoms with Crippen molar-refractivity contribution < 1.29 is 4.79 Å². The van der Waals surface area contributed by atoms with E-state index in [2.05, 4.69) is 4.98 Å². The van der Waals surface area contributed by atoms with E-state index in [9.17, 15) is 14.4 Å². The lowest BCUT2D eigenvalue weighted by atomic mass is 9.99. The zero-order valence-electron chi connectivity index (χ0n) is 12.6. The standard InChI is InChI=1S/C16H18N2O3/c1-5-12-13(18(4)16(21)17-15(12)20)14(19)11-7-9(2)6-10(3)8-11/h6-8H,5H2,1-4H3,(H,17,20,21). The van der Waals surface area contributed by atoms with Gasteiger partial charge in [-0.25, -0.2) is 4.79 Å². The SMILES string of the molecule is CCc1c(C(=O)c2cc(C)cc(C)c2)n(C)c(=O)[nH]c1=O. The van der Waals surface area contributed by atoms with Gasteiger partial charge in [0.05, 0.1) is 0 Å². The van der Waals surface area contributed by atoms with Crippen molar-refractivity contribution >= 4 is 5.78 Å². The fourth-order valence-electron chi connectivity index (χ4n) is 2.53. The molecule has 0 aliphatic heterocycles. The van der Waals surface area contributed by atoms with Crippen molar-refractivity contribution in [1.29, 1.82) is 0 Å². The number of nitrogens with one attached hydrogen (secondary N) is 1. The summed E-state index contributed by atoms with van der Waals surface area (Å²) in [6, 6.07) is 5.50. The van der Waals surface area contributed by atoms with Crippen LogP contribution in [-0.4, -0.2) is 15.3 Å². The van der Waals surface area contributed by atoms with E-state index in [0.717, 1.165) is 11.1 Å². The summed E-state index contributed by atoms with van der Waals surface area (Å²) in [4.78, 5) is 38.6. The van der Waals surface area contributed by atoms with Crippen LogP contribution in [0, 0.1) is 13.8 Å². The van der Waals surface area contributed by atoms with Crippen LogP contribution in [0.1, 0.15) is 39.7 Å². The molecule has 1 heterocycles. The molecule has 0 spiro atoms. The molecule has 0 aliphatic carbocycles. The summed E-state index contributed by atoms with van der Waals surface area (Å²) in [5.41, 5.74) is 1.84. The molecule has 21 heavy (non-hydrogen) atoms. The Morgan fingerprint density at radius 1 is 1.14 bits per heavy atom. The van der Waals surface area contributed by atoms with Gasteiger partial charge in [-0.1, -0.05) is 24.1 Å². The molecule has 0 saturated carbocycles. The molecule has 1 N–H and O–H groups in total. The van der Waals surface area contributed by atoms with Crippen molar-refractivity contribution in [3.8, 4) is 0 Å². The lowest BCUT2D eigenvalue weighted by Gasteiger charge is -2.11. The van der Waals surface area contributed by atoms with E-state index in [1.54, 1.807) is 19.1 Å². The molecular formula is C16H18N2O3. The van der Waals surface area contributed by atoms with E-state index in [1.165, 1.54) is 11.6 Å². The van der Waals surface area contributed by atoms with Crippen LogP contribution in [0.4, 0.5) is 0 Å². The van der Waals surface area contributed by atoms with Gasteiger partial charge in [0.1, 0.15) is 5.69 Å². The number of ketones is 1. The van der Waals surface area contributed by atoms with Crippen LogP contribution in [0.2, 0.25) is 0 Å². The number of hydrogen-bond acceptors (Lipinski definition) is 3. The molecule has 110 valence electrons. The summed E-state index contributed by atoms with van der Waals surface area (Å²) in [5.74, 6) is -0.302. The molecule has 5 heteroatoms. The molecule has 0 amide bonds. The number of aryl methyl sites for hydroxylation is 2. The van der Waals surface area contributed by atoms with Gasteiger partial charge in [0, 0.05) is 18.2 Å². The number of H-pyrrole nitrogens is 1. The first-order valence-electron chi connectivity index (χ1n) is 6.80. The number of aromatic amines is 1. The van der Waals surface area contributed by atoms with Gasteiger partial charge >= 0.3 is 5.69 Å². The van der Waals surface area contributed by atoms with Crippen molar-refractivity contribution in [3.63, 3.8) is 0 Å². The predicted molar refractivity (Wildman–Crippen MR) is 81.0 cm³/mol. The van der Waals surface area contributed by atoms with Crippen LogP contribution in [0.5, 0.6) is 0 Å². The first kappa shape index (κ1) is 15.0. The van der Waals surface area contributed by atoms with Gasteiger partial charge in [0.15, 0.2) is 0 Å². The highest BCUT2D eigenvalue weighted by Crippen LogP contribution is 2.14. The molecule has 0 fully saturated rings. The third-order valence-electron chi connectivity index (χ3n) is 3.47. The van der Waals surface area contributed by atoms with Crippen LogP contribution in [0.3, 0.4) is 0 Å². The third-order valence-corrected chi connectivity index (χ3v) is 3.47. The molecule has 0 saturated heterocycles. The van der Waals surface area contributed by atoms with E-state index < -0.39 is 11.2 Å². The number of hydrogen-bond donors (Lipinski definition) is 1. The number of benzene rings is 1. The monoisotopic (exact) mass is 286 g/mol. The van der Waals surface area contributed by atoms with Crippen molar-refractivity contribution in [2.45, 2.75) is 27.2 Å². The van der Waals surface area contributed by atoms with Crippen LogP contribution in [0.15, 0.2) is 27.8 Å². The maximum absolute atomic E-state index is 12.7. The van der Waals surface area contributed by atoms with Gasteiger partial charge in [-0.3, -0.25) is 19.1 Å². The summed E-state index contributed by atoms with van der Waals surface area (Å²) >= 11 is 0. The average molecular weight is 286 g/mol. The fraction of sp³-hybridized carbons (Fsp3) is 0.312. The highest BCUT2D eigenvalue weighted by Gasteiger charge is 2.20. The summed E-state index contributed by atoms with van der Waals surface area (Å²) in [7, 11) is 1.49. The van der Waals surface area contributed by atoms with Gasteiger partial charge in [-0.2, -0.15) is 0 Å². The van der Waals surface area contributed by atoms with Crippen LogP contribution >= 0.6 is 0 Å². The molecule has 1 aromatic carbocycles. The zero-order chi connectivity index (χ0) is 15.7. The minimum absolute atomic E-state index is 0.163. The second-order valence-electron chi connectivity index (χ2n) is 5.20. The first-order valence-corrected chi connectivity index (χ1v) is 6.80. The molecule has 1 aromatic heterocycles. The quantitative estimate of drug-likeness (QED) is 0.869. The van der Waals surface area contributed by atoms with Crippen LogP contribution in [-0.2, 0) is 13.5 Å². The van der Waals surface area contributed by atoms with Crippen molar-refractivity contribution in [2.24, 2.45) is 7.05 Å². The molecule has 2 rings (SSSR count). The Labute approximate surface area is 122 Å². The number of carbonyl (C=O) groups excluding carboxylic acids is 1. The fourth-order valence-corrected chi connectivity index (χ4v) is 2.53. The number of carbonyl (C=O) groups is 1. The number of rotatable bonds is 3. The molecule has 2 aromatic rings. The smallest absolute Gasteiger partial charge is 0.293 e. The Hall–Kier alpha value is -2.43. The maximum atomic E-state index is 12.7. The van der Waals surface area contributed by atoms with Gasteiger partial charge in [-0.15, -0.1) is 0 Å². The van der Waals surface area contributed by atoms with Crippen LogP contribution < -0.4 is 11.2 Å². The topological polar surface area (TPSA) is 71.9 Å². The van der Waals surface area contributed by atoms with Crippen LogP contribution in [0.25, 0.3) is 0 Å². The molecule has 0 aliphatic rings. The lowest BCUT2D eigenvalue weighted by Crippen LogP contribution is -2.35. The van der Waals surface area contributed by atoms with Gasteiger partial charge in [0.2, 0.25) is 5.78 Å². The van der Waals surface area contributed by atoms with Gasteiger partial charge < -0.3 is 0 Å². The summed E-state index contributed by atoms with van der Waals surface area (Å²) in [5, 5.41) is 0. The Bertz CT molecular complexity index is 808. The van der Waals surface area contributed by atoms with Gasteiger partial charge in [-0.05, 0) is 32.4 Å². The second-order valence-corrected chi connectivity index (χ2v) is 5.20. The maximum Gasteiger partial charge on any atom is 0.328 e. The molecular weight excluding hydrogens is 268 g/mol. The summed E-state index contributed by atoms with van der Waals surface area (Å²) in [6.07, 6.45) is 0.384. The predicted octanol–water partition coefficient (Wildman–Crippen LogP) is 1.48. The van der Waals surface area contributed by atoms with E-state index in [1.807, 2.05) is 19.9 Å². The minimum Gasteiger partial charge on any atom is -0.293 e. The Balaban J connectivity index is 2.74. The average Bonchev–Trinajstić information content (AvgIpc) is 2.40. The molecule has 0 bridgehead atoms. The lowest BCUT2D eigenvalue weighted by molar-refractivity contribution is 0.102. The molecule has 0 radical (unpaired) electrons. The summed E-state index contributed by atoms with van der Waals surface area (Å²) < 4.78 is 1.21. The molecule has 0 atom stereocenters. The first-order chi connectivity index (χ1) is 9.85.